The van der Waals surface area contributed by atoms with Gasteiger partial charge in [0.25, 0.3) is 5.91 Å². The van der Waals surface area contributed by atoms with Gasteiger partial charge in [-0.1, -0.05) is 0 Å². The molecule has 26 heavy (non-hydrogen) atoms. The van der Waals surface area contributed by atoms with Gasteiger partial charge in [-0.15, -0.1) is 0 Å². The molecule has 0 aliphatic carbocycles. The van der Waals surface area contributed by atoms with Gasteiger partial charge in [0.05, 0.1) is 13.7 Å². The van der Waals surface area contributed by atoms with Gasteiger partial charge in [0.2, 0.25) is 5.75 Å². The van der Waals surface area contributed by atoms with E-state index in [0.29, 0.717) is 48.3 Å². The SMILES string of the molecule is COc1cc(C(=O)N(C)CCOc2ccc(F)cc2)cc2c1OCCO2. The van der Waals surface area contributed by atoms with Crippen LogP contribution >= 0.6 is 0 Å². The van der Waals surface area contributed by atoms with E-state index >= 15 is 0 Å². The fourth-order valence-electron chi connectivity index (χ4n) is 2.55. The smallest absolute Gasteiger partial charge is 0.253 e. The second-order valence-corrected chi connectivity index (χ2v) is 5.73. The van der Waals surface area contributed by atoms with E-state index in [0.717, 1.165) is 0 Å². The van der Waals surface area contributed by atoms with Gasteiger partial charge in [-0.05, 0) is 36.4 Å². The number of methoxy groups -OCH3 is 1. The number of carbonyl (C=O) groups excluding carboxylic acids is 1. The fraction of sp³-hybridized carbons (Fsp3) is 0.316. The van der Waals surface area contributed by atoms with E-state index in [1.807, 2.05) is 0 Å². The van der Waals surface area contributed by atoms with Crippen LogP contribution in [0.3, 0.4) is 0 Å². The van der Waals surface area contributed by atoms with Crippen molar-refractivity contribution in [1.82, 2.24) is 4.90 Å². The van der Waals surface area contributed by atoms with Crippen LogP contribution < -0.4 is 18.9 Å². The lowest BCUT2D eigenvalue weighted by atomic mass is 10.1. The molecule has 0 aromatic heterocycles. The predicted molar refractivity (Wildman–Crippen MR) is 92.8 cm³/mol. The molecule has 0 atom stereocenters. The summed E-state index contributed by atoms with van der Waals surface area (Å²) in [6.45, 7) is 1.52. The summed E-state index contributed by atoms with van der Waals surface area (Å²) in [7, 11) is 3.20. The number of hydrogen-bond acceptors (Lipinski definition) is 5. The molecule has 2 aromatic rings. The Labute approximate surface area is 151 Å². The lowest BCUT2D eigenvalue weighted by Gasteiger charge is -2.23. The Hall–Kier alpha value is -2.96. The standard InChI is InChI=1S/C19H20FNO5/c1-21(7-8-24-15-5-3-14(20)4-6-15)19(22)13-11-16(23-2)18-17(12-13)25-9-10-26-18/h3-6,11-12H,7-10H2,1-2H3. The van der Waals surface area contributed by atoms with Crippen molar-refractivity contribution >= 4 is 5.91 Å². The van der Waals surface area contributed by atoms with Crippen LogP contribution in [0.2, 0.25) is 0 Å². The van der Waals surface area contributed by atoms with Crippen molar-refractivity contribution in [2.24, 2.45) is 0 Å². The maximum atomic E-state index is 12.9. The van der Waals surface area contributed by atoms with Crippen molar-refractivity contribution < 1.29 is 28.1 Å². The molecule has 1 heterocycles. The molecule has 0 radical (unpaired) electrons. The molecule has 0 saturated carbocycles. The Bertz CT molecular complexity index is 761. The first-order valence-corrected chi connectivity index (χ1v) is 8.20. The van der Waals surface area contributed by atoms with E-state index in [9.17, 15) is 9.18 Å². The van der Waals surface area contributed by atoms with Gasteiger partial charge in [0, 0.05) is 12.6 Å². The average Bonchev–Trinajstić information content (AvgIpc) is 2.67. The molecule has 0 bridgehead atoms. The molecular weight excluding hydrogens is 341 g/mol. The van der Waals surface area contributed by atoms with Gasteiger partial charge in [-0.2, -0.15) is 0 Å². The van der Waals surface area contributed by atoms with Crippen LogP contribution in [0.4, 0.5) is 4.39 Å². The number of benzene rings is 2. The zero-order valence-corrected chi connectivity index (χ0v) is 14.7. The third-order valence-corrected chi connectivity index (χ3v) is 3.93. The predicted octanol–water partition coefficient (Wildman–Crippen LogP) is 2.76. The van der Waals surface area contributed by atoms with E-state index in [-0.39, 0.29) is 18.3 Å². The monoisotopic (exact) mass is 361 g/mol. The summed E-state index contributed by atoms with van der Waals surface area (Å²) in [6.07, 6.45) is 0. The van der Waals surface area contributed by atoms with Crippen molar-refractivity contribution in [1.29, 1.82) is 0 Å². The second-order valence-electron chi connectivity index (χ2n) is 5.73. The number of halogens is 1. The maximum absolute atomic E-state index is 12.9. The van der Waals surface area contributed by atoms with Gasteiger partial charge in [-0.25, -0.2) is 4.39 Å². The molecule has 1 amide bonds. The number of hydrogen-bond donors (Lipinski definition) is 0. The molecule has 0 N–H and O–H groups in total. The third kappa shape index (κ3) is 3.99. The van der Waals surface area contributed by atoms with Gasteiger partial charge in [0.15, 0.2) is 11.5 Å². The molecule has 138 valence electrons. The van der Waals surface area contributed by atoms with Crippen LogP contribution in [0.25, 0.3) is 0 Å². The van der Waals surface area contributed by atoms with Gasteiger partial charge in [0.1, 0.15) is 31.4 Å². The molecule has 0 unspecified atom stereocenters. The second kappa shape index (κ2) is 7.95. The molecule has 1 aliphatic heterocycles. The van der Waals surface area contributed by atoms with E-state index in [2.05, 4.69) is 0 Å². The highest BCUT2D eigenvalue weighted by atomic mass is 19.1. The molecule has 0 fully saturated rings. The Morgan fingerprint density at radius 3 is 2.65 bits per heavy atom. The van der Waals surface area contributed by atoms with E-state index in [1.165, 1.54) is 24.1 Å². The minimum Gasteiger partial charge on any atom is -0.493 e. The van der Waals surface area contributed by atoms with Crippen molar-refractivity contribution in [3.8, 4) is 23.0 Å². The van der Waals surface area contributed by atoms with Gasteiger partial charge in [-0.3, -0.25) is 4.79 Å². The van der Waals surface area contributed by atoms with Crippen LogP contribution in [0.15, 0.2) is 36.4 Å². The number of fused-ring (bicyclic) bond motifs is 1. The summed E-state index contributed by atoms with van der Waals surface area (Å²) in [5.41, 5.74) is 0.440. The number of carbonyl (C=O) groups is 1. The summed E-state index contributed by atoms with van der Waals surface area (Å²) in [6, 6.07) is 9.02. The maximum Gasteiger partial charge on any atom is 0.253 e. The molecule has 3 rings (SSSR count). The highest BCUT2D eigenvalue weighted by molar-refractivity contribution is 5.95. The van der Waals surface area contributed by atoms with Crippen LogP contribution in [0.1, 0.15) is 10.4 Å². The Kier molecular flexibility index (Phi) is 5.46. The topological polar surface area (TPSA) is 57.2 Å². The van der Waals surface area contributed by atoms with Gasteiger partial charge < -0.3 is 23.8 Å². The molecule has 1 aliphatic rings. The molecule has 6 nitrogen and oxygen atoms in total. The number of ether oxygens (including phenoxy) is 4. The van der Waals surface area contributed by atoms with E-state index in [4.69, 9.17) is 18.9 Å². The highest BCUT2D eigenvalue weighted by Gasteiger charge is 2.22. The fourth-order valence-corrected chi connectivity index (χ4v) is 2.55. The number of nitrogens with zero attached hydrogens (tertiary/aromatic N) is 1. The normalized spacial score (nSPS) is 12.4. The molecule has 0 saturated heterocycles. The lowest BCUT2D eigenvalue weighted by Crippen LogP contribution is -2.31. The van der Waals surface area contributed by atoms with Crippen molar-refractivity contribution in [3.63, 3.8) is 0 Å². The van der Waals surface area contributed by atoms with Crippen LogP contribution in [-0.2, 0) is 0 Å². The minimum atomic E-state index is -0.322. The summed E-state index contributed by atoms with van der Waals surface area (Å²) in [5, 5.41) is 0. The van der Waals surface area contributed by atoms with E-state index in [1.54, 1.807) is 31.3 Å². The average molecular weight is 361 g/mol. The summed E-state index contributed by atoms with van der Waals surface area (Å²) in [4.78, 5) is 14.2. The van der Waals surface area contributed by atoms with Crippen LogP contribution in [0, 0.1) is 5.82 Å². The number of rotatable bonds is 6. The van der Waals surface area contributed by atoms with E-state index < -0.39 is 0 Å². The van der Waals surface area contributed by atoms with Crippen molar-refractivity contribution in [2.45, 2.75) is 0 Å². The zero-order valence-electron chi connectivity index (χ0n) is 14.7. The highest BCUT2D eigenvalue weighted by Crippen LogP contribution is 2.40. The molecule has 7 heteroatoms. The Morgan fingerprint density at radius 2 is 1.92 bits per heavy atom. The summed E-state index contributed by atoms with van der Waals surface area (Å²) < 4.78 is 34.8. The zero-order chi connectivity index (χ0) is 18.5. The first kappa shape index (κ1) is 17.8. The number of likely N-dealkylation sites (N-methyl/N-ethyl adjacent to an activating group) is 1. The Balaban J connectivity index is 1.63. The van der Waals surface area contributed by atoms with Crippen LogP contribution in [-0.4, -0.2) is 51.3 Å². The van der Waals surface area contributed by atoms with Crippen molar-refractivity contribution in [3.05, 3.63) is 47.8 Å². The Morgan fingerprint density at radius 1 is 1.19 bits per heavy atom. The lowest BCUT2D eigenvalue weighted by molar-refractivity contribution is 0.0772. The molecular formula is C19H20FNO5. The first-order chi connectivity index (χ1) is 12.6. The van der Waals surface area contributed by atoms with Crippen molar-refractivity contribution in [2.75, 3.05) is 40.5 Å². The molecule has 2 aromatic carbocycles. The largest absolute Gasteiger partial charge is 0.493 e. The quantitative estimate of drug-likeness (QED) is 0.792. The summed E-state index contributed by atoms with van der Waals surface area (Å²) in [5.74, 6) is 1.50. The first-order valence-electron chi connectivity index (χ1n) is 8.20. The minimum absolute atomic E-state index is 0.192. The van der Waals surface area contributed by atoms with Gasteiger partial charge >= 0.3 is 0 Å². The van der Waals surface area contributed by atoms with Crippen LogP contribution in [0.5, 0.6) is 23.0 Å². The molecule has 0 spiro atoms. The third-order valence-electron chi connectivity index (χ3n) is 3.93. The number of amides is 1. The summed E-state index contributed by atoms with van der Waals surface area (Å²) >= 11 is 0.